The first-order chi connectivity index (χ1) is 11.4. The molecule has 0 saturated heterocycles. The van der Waals surface area contributed by atoms with Crippen molar-refractivity contribution in [2.45, 2.75) is 89.1 Å². The number of unbranched alkanes of at least 4 members (excludes halogenated alkanes) is 11. The Labute approximate surface area is 147 Å². The Hall–Kier alpha value is -0.890. The maximum atomic E-state index is 5.25. The van der Waals surface area contributed by atoms with Gasteiger partial charge < -0.3 is 4.42 Å². The molecule has 0 aliphatic rings. The summed E-state index contributed by atoms with van der Waals surface area (Å²) in [5.41, 5.74) is 0. The van der Waals surface area contributed by atoms with Crippen LogP contribution in [0.2, 0.25) is 0 Å². The fraction of sp³-hybridized carbons (Fsp3) is 0.619. The van der Waals surface area contributed by atoms with Crippen molar-refractivity contribution >= 4 is 11.8 Å². The van der Waals surface area contributed by atoms with E-state index in [0.29, 0.717) is 0 Å². The molecule has 0 aromatic carbocycles. The fourth-order valence-corrected chi connectivity index (χ4v) is 3.16. The van der Waals surface area contributed by atoms with Crippen molar-refractivity contribution in [3.05, 3.63) is 42.0 Å². The quantitative estimate of drug-likeness (QED) is 0.182. The molecule has 1 aromatic rings. The Morgan fingerprint density at radius 3 is 2.13 bits per heavy atom. The summed E-state index contributed by atoms with van der Waals surface area (Å²) in [4.78, 5) is 0. The number of furan rings is 1. The lowest BCUT2D eigenvalue weighted by molar-refractivity contribution is 0.475. The molecule has 130 valence electrons. The molecular weight excluding hydrogens is 300 g/mol. The molecule has 2 heteroatoms. The van der Waals surface area contributed by atoms with Crippen LogP contribution in [0.25, 0.3) is 0 Å². The van der Waals surface area contributed by atoms with Gasteiger partial charge in [-0.3, -0.25) is 0 Å². The van der Waals surface area contributed by atoms with Gasteiger partial charge in [-0.15, -0.1) is 0 Å². The van der Waals surface area contributed by atoms with E-state index in [0.717, 1.165) is 5.09 Å². The topological polar surface area (TPSA) is 13.1 Å². The summed E-state index contributed by atoms with van der Waals surface area (Å²) in [6.07, 6.45) is 25.0. The van der Waals surface area contributed by atoms with Gasteiger partial charge in [0.2, 0.25) is 0 Å². The van der Waals surface area contributed by atoms with Crippen LogP contribution in [0.5, 0.6) is 0 Å². The number of hydrogen-bond acceptors (Lipinski definition) is 2. The predicted molar refractivity (Wildman–Crippen MR) is 104 cm³/mol. The van der Waals surface area contributed by atoms with Crippen molar-refractivity contribution in [1.29, 1.82) is 0 Å². The van der Waals surface area contributed by atoms with Gasteiger partial charge in [0, 0.05) is 0 Å². The Balaban J connectivity index is 1.79. The van der Waals surface area contributed by atoms with E-state index in [2.05, 4.69) is 30.6 Å². The van der Waals surface area contributed by atoms with Crippen LogP contribution >= 0.6 is 11.8 Å². The van der Waals surface area contributed by atoms with E-state index in [1.54, 1.807) is 18.0 Å². The van der Waals surface area contributed by atoms with Gasteiger partial charge >= 0.3 is 0 Å². The lowest BCUT2D eigenvalue weighted by Gasteiger charge is -2.01. The maximum Gasteiger partial charge on any atom is 0.164 e. The smallest absolute Gasteiger partial charge is 0.164 e. The van der Waals surface area contributed by atoms with Crippen molar-refractivity contribution in [1.82, 2.24) is 0 Å². The predicted octanol–water partition coefficient (Wildman–Crippen LogP) is 8.14. The van der Waals surface area contributed by atoms with Gasteiger partial charge in [-0.2, -0.15) is 0 Å². The molecule has 0 saturated carbocycles. The van der Waals surface area contributed by atoms with E-state index in [4.69, 9.17) is 4.42 Å². The van der Waals surface area contributed by atoms with E-state index in [1.165, 1.54) is 77.0 Å². The van der Waals surface area contributed by atoms with Crippen molar-refractivity contribution in [2.24, 2.45) is 0 Å². The first kappa shape index (κ1) is 20.2. The minimum Gasteiger partial charge on any atom is -0.458 e. The van der Waals surface area contributed by atoms with Crippen LogP contribution in [0.1, 0.15) is 84.0 Å². The second kappa shape index (κ2) is 16.0. The summed E-state index contributed by atoms with van der Waals surface area (Å²) in [6.45, 7) is 2.28. The lowest BCUT2D eigenvalue weighted by Crippen LogP contribution is -1.81. The highest BCUT2D eigenvalue weighted by molar-refractivity contribution is 8.02. The molecular formula is C21H34OS. The third kappa shape index (κ3) is 13.3. The molecule has 0 bridgehead atoms. The van der Waals surface area contributed by atoms with E-state index < -0.39 is 0 Å². The SMILES string of the molecule is CCCCCCCCCCCCC/C=C/C=C/Sc1ccco1. The van der Waals surface area contributed by atoms with E-state index in [1.807, 2.05) is 12.1 Å². The summed E-state index contributed by atoms with van der Waals surface area (Å²) >= 11 is 1.61. The number of allylic oxidation sites excluding steroid dienone is 3. The van der Waals surface area contributed by atoms with Crippen LogP contribution in [0.4, 0.5) is 0 Å². The third-order valence-corrected chi connectivity index (χ3v) is 4.74. The first-order valence-corrected chi connectivity index (χ1v) is 10.3. The van der Waals surface area contributed by atoms with Crippen LogP contribution in [-0.4, -0.2) is 0 Å². The highest BCUT2D eigenvalue weighted by Crippen LogP contribution is 2.18. The molecule has 0 N–H and O–H groups in total. The fourth-order valence-electron chi connectivity index (χ4n) is 2.58. The second-order valence-corrected chi connectivity index (χ2v) is 7.04. The van der Waals surface area contributed by atoms with Gasteiger partial charge in [0.1, 0.15) is 0 Å². The van der Waals surface area contributed by atoms with Crippen LogP contribution in [0.15, 0.2) is 51.5 Å². The third-order valence-electron chi connectivity index (χ3n) is 3.98. The van der Waals surface area contributed by atoms with Crippen LogP contribution < -0.4 is 0 Å². The molecule has 0 unspecified atom stereocenters. The van der Waals surface area contributed by atoms with Gasteiger partial charge in [-0.05, 0) is 30.4 Å². The minimum absolute atomic E-state index is 0.944. The largest absolute Gasteiger partial charge is 0.458 e. The zero-order valence-corrected chi connectivity index (χ0v) is 15.7. The summed E-state index contributed by atoms with van der Waals surface area (Å²) in [6, 6.07) is 3.89. The van der Waals surface area contributed by atoms with Gasteiger partial charge in [0.15, 0.2) is 5.09 Å². The van der Waals surface area contributed by atoms with E-state index >= 15 is 0 Å². The van der Waals surface area contributed by atoms with Crippen molar-refractivity contribution in [3.8, 4) is 0 Å². The number of hydrogen-bond donors (Lipinski definition) is 0. The normalized spacial score (nSPS) is 11.9. The van der Waals surface area contributed by atoms with Gasteiger partial charge in [-0.25, -0.2) is 0 Å². The second-order valence-electron chi connectivity index (χ2n) is 6.13. The molecule has 0 aliphatic heterocycles. The molecule has 0 aliphatic carbocycles. The first-order valence-electron chi connectivity index (χ1n) is 9.45. The van der Waals surface area contributed by atoms with E-state index in [9.17, 15) is 0 Å². The molecule has 1 rings (SSSR count). The molecule has 0 atom stereocenters. The standard InChI is InChI=1S/C21H34OS/c1-2-3-4-5-6-7-8-9-10-11-12-13-14-15-16-20-23-21-18-17-19-22-21/h14-20H,2-13H2,1H3/b15-14+,20-16+. The Morgan fingerprint density at radius 2 is 1.52 bits per heavy atom. The van der Waals surface area contributed by atoms with Crippen molar-refractivity contribution in [2.75, 3.05) is 0 Å². The summed E-state index contributed by atoms with van der Waals surface area (Å²) in [7, 11) is 0. The molecule has 1 aromatic heterocycles. The Bertz CT molecular complexity index is 392. The number of thioether (sulfide) groups is 1. The molecule has 0 amide bonds. The highest BCUT2D eigenvalue weighted by Gasteiger charge is 1.92. The average Bonchev–Trinajstić information content (AvgIpc) is 3.08. The number of rotatable bonds is 15. The summed E-state index contributed by atoms with van der Waals surface area (Å²) < 4.78 is 5.25. The molecule has 23 heavy (non-hydrogen) atoms. The molecule has 1 nitrogen and oxygen atoms in total. The minimum atomic E-state index is 0.944. The summed E-state index contributed by atoms with van der Waals surface area (Å²) in [5, 5.41) is 3.01. The molecule has 1 heterocycles. The van der Waals surface area contributed by atoms with Crippen molar-refractivity contribution < 1.29 is 4.42 Å². The van der Waals surface area contributed by atoms with Crippen molar-refractivity contribution in [3.63, 3.8) is 0 Å². The Morgan fingerprint density at radius 1 is 0.870 bits per heavy atom. The zero-order valence-electron chi connectivity index (χ0n) is 14.8. The van der Waals surface area contributed by atoms with Crippen LogP contribution in [0.3, 0.4) is 0 Å². The van der Waals surface area contributed by atoms with Gasteiger partial charge in [0.25, 0.3) is 0 Å². The van der Waals surface area contributed by atoms with E-state index in [-0.39, 0.29) is 0 Å². The van der Waals surface area contributed by atoms with Crippen LogP contribution in [0, 0.1) is 0 Å². The molecule has 0 fully saturated rings. The molecule has 0 radical (unpaired) electrons. The van der Waals surface area contributed by atoms with Gasteiger partial charge in [-0.1, -0.05) is 101 Å². The van der Waals surface area contributed by atoms with Crippen LogP contribution in [-0.2, 0) is 0 Å². The zero-order chi connectivity index (χ0) is 16.4. The average molecular weight is 335 g/mol. The highest BCUT2D eigenvalue weighted by atomic mass is 32.2. The summed E-state index contributed by atoms with van der Waals surface area (Å²) in [5.74, 6) is 0. The molecule has 0 spiro atoms. The van der Waals surface area contributed by atoms with Gasteiger partial charge in [0.05, 0.1) is 6.26 Å². The Kier molecular flexibility index (Phi) is 14.0. The maximum absolute atomic E-state index is 5.25. The lowest BCUT2D eigenvalue weighted by atomic mass is 10.1. The monoisotopic (exact) mass is 334 g/mol.